The molecule has 236 valence electrons. The second kappa shape index (κ2) is 21.0. The van der Waals surface area contributed by atoms with E-state index in [-0.39, 0.29) is 52.4 Å². The Kier molecular flexibility index (Phi) is 17.8. The summed E-state index contributed by atoms with van der Waals surface area (Å²) in [5.74, 6) is -5.64. The fourth-order valence-corrected chi connectivity index (χ4v) is 3.61. The zero-order valence-corrected chi connectivity index (χ0v) is 23.7. The van der Waals surface area contributed by atoms with Gasteiger partial charge in [0.1, 0.15) is 18.1 Å². The van der Waals surface area contributed by atoms with E-state index >= 15 is 0 Å². The summed E-state index contributed by atoms with van der Waals surface area (Å²) in [5.41, 5.74) is 8.82. The van der Waals surface area contributed by atoms with Gasteiger partial charge in [0.25, 0.3) is 0 Å². The lowest BCUT2D eigenvalue weighted by atomic mass is 10.0. The monoisotopic (exact) mass is 607 g/mol. The number of hydrogen-bond donors (Lipinski definition) is 6. The molecule has 0 aliphatic rings. The first-order chi connectivity index (χ1) is 20.5. The van der Waals surface area contributed by atoms with Crippen LogP contribution in [0.4, 0.5) is 0 Å². The van der Waals surface area contributed by atoms with Gasteiger partial charge in [0.15, 0.2) is 0 Å². The van der Waals surface area contributed by atoms with E-state index in [4.69, 9.17) is 20.1 Å². The molecule has 1 aromatic rings. The number of amides is 4. The molecule has 0 heterocycles. The molecule has 1 rings (SSSR count). The van der Waals surface area contributed by atoms with Crippen molar-refractivity contribution in [3.05, 3.63) is 46.3 Å². The lowest BCUT2D eigenvalue weighted by Gasteiger charge is -2.25. The van der Waals surface area contributed by atoms with Crippen LogP contribution in [0.3, 0.4) is 0 Å². The maximum Gasteiger partial charge on any atom is 0.305 e. The minimum atomic E-state index is -1.50. The van der Waals surface area contributed by atoms with E-state index in [1.807, 2.05) is 0 Å². The van der Waals surface area contributed by atoms with Gasteiger partial charge in [-0.3, -0.25) is 28.8 Å². The van der Waals surface area contributed by atoms with Crippen molar-refractivity contribution in [2.75, 3.05) is 39.5 Å². The van der Waals surface area contributed by atoms with Crippen LogP contribution < -0.4 is 21.3 Å². The van der Waals surface area contributed by atoms with Gasteiger partial charge in [-0.2, -0.15) is 0 Å². The zero-order chi connectivity index (χ0) is 32.0. The van der Waals surface area contributed by atoms with Crippen LogP contribution in [-0.4, -0.2) is 103 Å². The molecule has 0 aromatic heterocycles. The Balaban J connectivity index is 2.87. The van der Waals surface area contributed by atoms with Crippen molar-refractivity contribution >= 4 is 35.6 Å². The van der Waals surface area contributed by atoms with E-state index in [0.29, 0.717) is 5.56 Å². The standard InChI is InChI=1S/C26H37N7O10/c1-17(34)30-19(7-8-22(35)36)25(40)31-20(15-18-5-3-2-4-6-18)26(41)32-21(16-23(37)38)24(39)28-9-11-42-13-14-43-12-10-29-33-27/h2-6,19-21H,7-16H2,1H3,(H,28,39)(H,30,34)(H,31,40)(H,32,41)(H,35,36)(H,37,38)/t19-,20+,21-/m0/s1. The number of aliphatic carboxylic acids is 2. The molecule has 0 bridgehead atoms. The van der Waals surface area contributed by atoms with Crippen LogP contribution in [0, 0.1) is 0 Å². The Labute approximate surface area is 247 Å². The number of ether oxygens (including phenoxy) is 2. The van der Waals surface area contributed by atoms with E-state index in [1.54, 1.807) is 30.3 Å². The second-order valence-electron chi connectivity index (χ2n) is 9.07. The Hall–Kier alpha value is -4.73. The third kappa shape index (κ3) is 17.0. The number of carbonyl (C=O) groups is 6. The molecule has 17 nitrogen and oxygen atoms in total. The molecule has 3 atom stereocenters. The van der Waals surface area contributed by atoms with Crippen LogP contribution in [0.1, 0.15) is 31.7 Å². The number of carboxylic acids is 2. The molecule has 0 aliphatic carbocycles. The number of carboxylic acid groups (broad SMARTS) is 2. The smallest absolute Gasteiger partial charge is 0.305 e. The number of hydrogen-bond acceptors (Lipinski definition) is 9. The summed E-state index contributed by atoms with van der Waals surface area (Å²) in [5, 5.41) is 31.3. The van der Waals surface area contributed by atoms with Gasteiger partial charge in [-0.1, -0.05) is 35.4 Å². The van der Waals surface area contributed by atoms with Crippen molar-refractivity contribution in [3.8, 4) is 0 Å². The highest BCUT2D eigenvalue weighted by molar-refractivity contribution is 5.95. The van der Waals surface area contributed by atoms with Crippen LogP contribution in [-0.2, 0) is 44.7 Å². The summed E-state index contributed by atoms with van der Waals surface area (Å²) in [7, 11) is 0. The molecule has 0 fully saturated rings. The summed E-state index contributed by atoms with van der Waals surface area (Å²) in [6.45, 7) is 2.02. The Morgan fingerprint density at radius 2 is 1.47 bits per heavy atom. The Morgan fingerprint density at radius 3 is 2.07 bits per heavy atom. The van der Waals surface area contributed by atoms with Crippen LogP contribution in [0.25, 0.3) is 10.4 Å². The van der Waals surface area contributed by atoms with Crippen LogP contribution in [0.15, 0.2) is 35.4 Å². The molecule has 4 amide bonds. The normalized spacial score (nSPS) is 12.5. The number of rotatable bonds is 22. The molecular weight excluding hydrogens is 570 g/mol. The van der Waals surface area contributed by atoms with Gasteiger partial charge in [-0.25, -0.2) is 0 Å². The average Bonchev–Trinajstić information content (AvgIpc) is 2.95. The third-order valence-corrected chi connectivity index (χ3v) is 5.58. The van der Waals surface area contributed by atoms with Crippen molar-refractivity contribution in [2.24, 2.45) is 5.11 Å². The fraction of sp³-hybridized carbons (Fsp3) is 0.538. The van der Waals surface area contributed by atoms with Crippen molar-refractivity contribution in [3.63, 3.8) is 0 Å². The maximum atomic E-state index is 13.3. The molecule has 1 aromatic carbocycles. The van der Waals surface area contributed by atoms with Gasteiger partial charge in [0.05, 0.1) is 32.8 Å². The van der Waals surface area contributed by atoms with Gasteiger partial charge in [-0.05, 0) is 17.5 Å². The number of nitrogens with zero attached hydrogens (tertiary/aromatic N) is 3. The molecule has 43 heavy (non-hydrogen) atoms. The minimum absolute atomic E-state index is 0.00426. The number of nitrogens with one attached hydrogen (secondary N) is 4. The Morgan fingerprint density at radius 1 is 0.837 bits per heavy atom. The van der Waals surface area contributed by atoms with E-state index in [1.165, 1.54) is 0 Å². The molecule has 0 saturated heterocycles. The molecular formula is C26H37N7O10. The van der Waals surface area contributed by atoms with Gasteiger partial charge in [0, 0.05) is 37.8 Å². The predicted octanol–water partition coefficient (Wildman–Crippen LogP) is -0.497. The lowest BCUT2D eigenvalue weighted by Crippen LogP contribution is -2.57. The molecule has 0 spiro atoms. The van der Waals surface area contributed by atoms with Crippen LogP contribution in [0.5, 0.6) is 0 Å². The molecule has 0 aliphatic heterocycles. The number of carbonyl (C=O) groups excluding carboxylic acids is 4. The Bertz CT molecular complexity index is 1130. The summed E-state index contributed by atoms with van der Waals surface area (Å²) in [6, 6.07) is 4.48. The van der Waals surface area contributed by atoms with E-state index in [9.17, 15) is 33.9 Å². The number of benzene rings is 1. The van der Waals surface area contributed by atoms with E-state index in [2.05, 4.69) is 31.3 Å². The summed E-state index contributed by atoms with van der Waals surface area (Å²) in [6.07, 6.45) is -1.47. The predicted molar refractivity (Wildman–Crippen MR) is 149 cm³/mol. The molecule has 0 radical (unpaired) electrons. The first kappa shape index (κ1) is 36.3. The highest BCUT2D eigenvalue weighted by atomic mass is 16.5. The quantitative estimate of drug-likeness (QED) is 0.0426. The molecule has 0 saturated carbocycles. The van der Waals surface area contributed by atoms with Crippen molar-refractivity contribution < 1.29 is 48.5 Å². The average molecular weight is 608 g/mol. The van der Waals surface area contributed by atoms with Gasteiger partial charge in [0.2, 0.25) is 23.6 Å². The van der Waals surface area contributed by atoms with Crippen molar-refractivity contribution in [1.29, 1.82) is 0 Å². The molecule has 0 unspecified atom stereocenters. The first-order valence-electron chi connectivity index (χ1n) is 13.3. The van der Waals surface area contributed by atoms with Crippen LogP contribution in [0.2, 0.25) is 0 Å². The molecule has 6 N–H and O–H groups in total. The summed E-state index contributed by atoms with van der Waals surface area (Å²) >= 11 is 0. The molecule has 17 heteroatoms. The summed E-state index contributed by atoms with van der Waals surface area (Å²) < 4.78 is 10.5. The highest BCUT2D eigenvalue weighted by Crippen LogP contribution is 2.07. The van der Waals surface area contributed by atoms with E-state index < -0.39 is 66.5 Å². The van der Waals surface area contributed by atoms with Crippen molar-refractivity contribution in [1.82, 2.24) is 21.3 Å². The maximum absolute atomic E-state index is 13.3. The SMILES string of the molecule is CC(=O)N[C@@H](CCC(=O)O)C(=O)N[C@H](Cc1ccccc1)C(=O)N[C@@H](CC(=O)O)C(=O)NCCOCCOCCN=[N+]=[N-]. The van der Waals surface area contributed by atoms with E-state index in [0.717, 1.165) is 6.92 Å². The van der Waals surface area contributed by atoms with Crippen LogP contribution >= 0.6 is 0 Å². The largest absolute Gasteiger partial charge is 0.481 e. The zero-order valence-electron chi connectivity index (χ0n) is 23.7. The summed E-state index contributed by atoms with van der Waals surface area (Å²) in [4.78, 5) is 75.7. The minimum Gasteiger partial charge on any atom is -0.481 e. The second-order valence-corrected chi connectivity index (χ2v) is 9.07. The topological polar surface area (TPSA) is 258 Å². The lowest BCUT2D eigenvalue weighted by molar-refractivity contribution is -0.141. The fourth-order valence-electron chi connectivity index (χ4n) is 3.61. The highest BCUT2D eigenvalue weighted by Gasteiger charge is 2.30. The van der Waals surface area contributed by atoms with Gasteiger partial charge >= 0.3 is 11.9 Å². The van der Waals surface area contributed by atoms with Gasteiger partial charge < -0.3 is 41.0 Å². The third-order valence-electron chi connectivity index (χ3n) is 5.58. The van der Waals surface area contributed by atoms with Gasteiger partial charge in [-0.15, -0.1) is 0 Å². The first-order valence-corrected chi connectivity index (χ1v) is 13.3. The van der Waals surface area contributed by atoms with Crippen molar-refractivity contribution in [2.45, 2.75) is 50.7 Å². The number of azide groups is 1.